The molecule has 1 amide bonds. The van der Waals surface area contributed by atoms with Gasteiger partial charge in [0.15, 0.2) is 0 Å². The molecule has 0 bridgehead atoms. The van der Waals surface area contributed by atoms with E-state index in [9.17, 15) is 19.8 Å². The molecule has 6 nitrogen and oxygen atoms in total. The summed E-state index contributed by atoms with van der Waals surface area (Å²) >= 11 is 0. The van der Waals surface area contributed by atoms with Crippen molar-refractivity contribution in [2.24, 2.45) is 0 Å². The van der Waals surface area contributed by atoms with E-state index in [-0.39, 0.29) is 18.5 Å². The fourth-order valence-corrected chi connectivity index (χ4v) is 8.93. The average Bonchev–Trinajstić information content (AvgIpc) is 3.28. The molecule has 0 aromatic carbocycles. The third kappa shape index (κ3) is 49.9. The van der Waals surface area contributed by atoms with Gasteiger partial charge in [-0.15, -0.1) is 0 Å². The Labute approximate surface area is 393 Å². The summed E-state index contributed by atoms with van der Waals surface area (Å²) < 4.78 is 5.46. The molecular weight excluding hydrogens is 779 g/mol. The van der Waals surface area contributed by atoms with Crippen LogP contribution >= 0.6 is 0 Å². The molecule has 0 heterocycles. The van der Waals surface area contributed by atoms with Crippen LogP contribution in [0.5, 0.6) is 0 Å². The number of ether oxygens (including phenoxy) is 1. The van der Waals surface area contributed by atoms with Gasteiger partial charge in [0.1, 0.15) is 0 Å². The summed E-state index contributed by atoms with van der Waals surface area (Å²) in [4.78, 5) is 24.5. The van der Waals surface area contributed by atoms with Gasteiger partial charge in [0.05, 0.1) is 25.4 Å². The van der Waals surface area contributed by atoms with E-state index in [1.165, 1.54) is 205 Å². The molecular formula is C57H111NO5. The number of allylic oxidation sites excluding steroid dienone is 2. The van der Waals surface area contributed by atoms with Crippen LogP contribution in [0.3, 0.4) is 0 Å². The molecule has 0 saturated heterocycles. The van der Waals surface area contributed by atoms with E-state index < -0.39 is 12.1 Å². The van der Waals surface area contributed by atoms with Crippen LogP contribution < -0.4 is 5.32 Å². The highest BCUT2D eigenvalue weighted by Crippen LogP contribution is 2.17. The third-order valence-corrected chi connectivity index (χ3v) is 13.3. The second-order valence-electron chi connectivity index (χ2n) is 19.6. The minimum Gasteiger partial charge on any atom is -0.466 e. The summed E-state index contributed by atoms with van der Waals surface area (Å²) in [6, 6.07) is -0.566. The Balaban J connectivity index is 3.48. The molecule has 0 radical (unpaired) electrons. The zero-order valence-electron chi connectivity index (χ0n) is 42.6. The number of aliphatic hydroxyl groups is 2. The summed E-state index contributed by atoms with van der Waals surface area (Å²) in [5, 5.41) is 23.3. The van der Waals surface area contributed by atoms with Crippen molar-refractivity contribution in [3.05, 3.63) is 12.2 Å². The second kappa shape index (κ2) is 53.2. The van der Waals surface area contributed by atoms with E-state index in [1.807, 2.05) is 0 Å². The monoisotopic (exact) mass is 890 g/mol. The summed E-state index contributed by atoms with van der Waals surface area (Å²) in [6.45, 7) is 4.89. The lowest BCUT2D eigenvalue weighted by Crippen LogP contribution is -2.45. The fraction of sp³-hybridized carbons (Fsp3) is 0.930. The Morgan fingerprint density at radius 1 is 0.429 bits per heavy atom. The summed E-state index contributed by atoms with van der Waals surface area (Å²) in [7, 11) is 0. The van der Waals surface area contributed by atoms with Crippen molar-refractivity contribution in [1.29, 1.82) is 0 Å². The minimum atomic E-state index is -0.685. The van der Waals surface area contributed by atoms with Crippen molar-refractivity contribution >= 4 is 11.9 Å². The molecule has 0 saturated carbocycles. The highest BCUT2D eigenvalue weighted by Gasteiger charge is 2.20. The van der Waals surface area contributed by atoms with Crippen LogP contribution in [0, 0.1) is 0 Å². The number of hydrogen-bond donors (Lipinski definition) is 3. The number of unbranched alkanes of at least 4 members (excludes halogenated alkanes) is 40. The van der Waals surface area contributed by atoms with Crippen LogP contribution in [0.2, 0.25) is 0 Å². The van der Waals surface area contributed by atoms with Crippen LogP contribution in [-0.2, 0) is 14.3 Å². The topological polar surface area (TPSA) is 95.9 Å². The first kappa shape index (κ1) is 61.6. The van der Waals surface area contributed by atoms with Gasteiger partial charge >= 0.3 is 5.97 Å². The molecule has 0 aliphatic heterocycles. The number of amides is 1. The first-order chi connectivity index (χ1) is 31.0. The molecule has 63 heavy (non-hydrogen) atoms. The molecule has 0 rings (SSSR count). The van der Waals surface area contributed by atoms with E-state index in [1.54, 1.807) is 0 Å². The van der Waals surface area contributed by atoms with Crippen LogP contribution in [0.1, 0.15) is 316 Å². The van der Waals surface area contributed by atoms with Gasteiger partial charge in [-0.05, 0) is 51.4 Å². The zero-order valence-corrected chi connectivity index (χ0v) is 42.6. The zero-order chi connectivity index (χ0) is 45.8. The van der Waals surface area contributed by atoms with Gasteiger partial charge in [-0.1, -0.05) is 264 Å². The molecule has 3 N–H and O–H groups in total. The molecule has 0 aromatic rings. The van der Waals surface area contributed by atoms with E-state index >= 15 is 0 Å². The molecule has 2 atom stereocenters. The minimum absolute atomic E-state index is 0.0308. The molecule has 0 aliphatic carbocycles. The summed E-state index contributed by atoms with van der Waals surface area (Å²) in [5.41, 5.74) is 0. The lowest BCUT2D eigenvalue weighted by Gasteiger charge is -2.22. The Kier molecular flexibility index (Phi) is 52.0. The number of carbonyl (C=O) groups excluding carboxylic acids is 2. The van der Waals surface area contributed by atoms with Gasteiger partial charge in [-0.25, -0.2) is 0 Å². The highest BCUT2D eigenvalue weighted by molar-refractivity contribution is 5.76. The molecule has 0 fully saturated rings. The van der Waals surface area contributed by atoms with Crippen LogP contribution in [0.25, 0.3) is 0 Å². The maximum atomic E-state index is 12.5. The van der Waals surface area contributed by atoms with Gasteiger partial charge in [0.2, 0.25) is 5.91 Å². The van der Waals surface area contributed by atoms with Crippen molar-refractivity contribution in [2.45, 2.75) is 328 Å². The van der Waals surface area contributed by atoms with E-state index in [0.717, 1.165) is 77.0 Å². The second-order valence-corrected chi connectivity index (χ2v) is 19.6. The maximum absolute atomic E-state index is 12.5. The standard InChI is InChI=1S/C57H111NO5/c1-3-5-7-9-11-13-15-17-19-21-22-24-26-28-30-35-39-43-47-51-57(62)63-52-48-44-40-36-32-31-34-38-42-46-50-56(61)58-54(53-59)55(60)49-45-41-37-33-29-27-25-23-20-18-16-14-12-10-8-6-4-2/h32,36,54-55,59-60H,3-31,33-35,37-53H2,1-2H3,(H,58,61)/b36-32-. The Hall–Kier alpha value is -1.40. The quantitative estimate of drug-likeness (QED) is 0.0321. The Bertz CT molecular complexity index is 939. The number of nitrogens with one attached hydrogen (secondary N) is 1. The molecule has 0 aliphatic rings. The fourth-order valence-electron chi connectivity index (χ4n) is 8.93. The first-order valence-electron chi connectivity index (χ1n) is 28.4. The van der Waals surface area contributed by atoms with Crippen molar-refractivity contribution in [2.75, 3.05) is 13.2 Å². The highest BCUT2D eigenvalue weighted by atomic mass is 16.5. The van der Waals surface area contributed by atoms with Crippen molar-refractivity contribution in [3.8, 4) is 0 Å². The lowest BCUT2D eigenvalue weighted by molar-refractivity contribution is -0.143. The van der Waals surface area contributed by atoms with Gasteiger partial charge in [-0.3, -0.25) is 9.59 Å². The third-order valence-electron chi connectivity index (χ3n) is 13.3. The number of carbonyl (C=O) groups is 2. The largest absolute Gasteiger partial charge is 0.466 e. The summed E-state index contributed by atoms with van der Waals surface area (Å²) in [5.74, 6) is -0.0986. The molecule has 2 unspecified atom stereocenters. The Morgan fingerprint density at radius 3 is 1.13 bits per heavy atom. The molecule has 0 aromatic heterocycles. The lowest BCUT2D eigenvalue weighted by atomic mass is 10.0. The number of rotatable bonds is 53. The maximum Gasteiger partial charge on any atom is 0.305 e. The molecule has 6 heteroatoms. The van der Waals surface area contributed by atoms with Gasteiger partial charge in [-0.2, -0.15) is 0 Å². The van der Waals surface area contributed by atoms with Crippen molar-refractivity contribution in [1.82, 2.24) is 5.32 Å². The molecule has 0 spiro atoms. The predicted molar refractivity (Wildman–Crippen MR) is 273 cm³/mol. The Morgan fingerprint density at radius 2 is 0.746 bits per heavy atom. The van der Waals surface area contributed by atoms with E-state index in [2.05, 4.69) is 31.3 Å². The normalized spacial score (nSPS) is 12.6. The SMILES string of the molecule is CCCCCCCCCCCCCCCCCCCCCC(=O)OCCCC/C=C\CCCCCCC(=O)NC(CO)C(O)CCCCCCCCCCCCCCCCCCC. The van der Waals surface area contributed by atoms with Crippen LogP contribution in [0.4, 0.5) is 0 Å². The average molecular weight is 891 g/mol. The number of esters is 1. The van der Waals surface area contributed by atoms with Crippen LogP contribution in [0.15, 0.2) is 12.2 Å². The number of aliphatic hydroxyl groups excluding tert-OH is 2. The summed E-state index contributed by atoms with van der Waals surface area (Å²) in [6.07, 6.45) is 62.0. The molecule has 374 valence electrons. The van der Waals surface area contributed by atoms with Crippen LogP contribution in [-0.4, -0.2) is 47.4 Å². The van der Waals surface area contributed by atoms with E-state index in [4.69, 9.17) is 4.74 Å². The number of hydrogen-bond acceptors (Lipinski definition) is 5. The van der Waals surface area contributed by atoms with E-state index in [0.29, 0.717) is 25.9 Å². The van der Waals surface area contributed by atoms with Crippen molar-refractivity contribution in [3.63, 3.8) is 0 Å². The first-order valence-corrected chi connectivity index (χ1v) is 28.4. The van der Waals surface area contributed by atoms with Gasteiger partial charge < -0.3 is 20.3 Å². The smallest absolute Gasteiger partial charge is 0.305 e. The van der Waals surface area contributed by atoms with Crippen molar-refractivity contribution < 1.29 is 24.5 Å². The van der Waals surface area contributed by atoms with Gasteiger partial charge in [0.25, 0.3) is 0 Å². The van der Waals surface area contributed by atoms with Gasteiger partial charge in [0, 0.05) is 12.8 Å². The predicted octanol–water partition coefficient (Wildman–Crippen LogP) is 17.3.